The molecule has 0 aliphatic rings. The van der Waals surface area contributed by atoms with E-state index in [0.29, 0.717) is 47.6 Å². The summed E-state index contributed by atoms with van der Waals surface area (Å²) in [6.45, 7) is 5.55. The van der Waals surface area contributed by atoms with Crippen LogP contribution in [0, 0.1) is 17.6 Å². The van der Waals surface area contributed by atoms with Crippen LogP contribution in [0.2, 0.25) is 0 Å². The van der Waals surface area contributed by atoms with Crippen LogP contribution in [-0.2, 0) is 6.54 Å². The molecule has 3 aromatic carbocycles. The topological polar surface area (TPSA) is 99.7 Å². The van der Waals surface area contributed by atoms with Gasteiger partial charge in [-0.05, 0) is 41.0 Å². The fourth-order valence-corrected chi connectivity index (χ4v) is 4.39. The van der Waals surface area contributed by atoms with E-state index in [1.54, 1.807) is 12.1 Å². The summed E-state index contributed by atoms with van der Waals surface area (Å²) in [5.74, 6) is -1.33. The van der Waals surface area contributed by atoms with Crippen molar-refractivity contribution in [2.24, 2.45) is 5.92 Å². The molecule has 0 aliphatic carbocycles. The molecule has 0 spiro atoms. The minimum Gasteiger partial charge on any atom is -0.352 e. The first-order valence-corrected chi connectivity index (χ1v) is 12.8. The van der Waals surface area contributed by atoms with E-state index in [1.165, 1.54) is 6.07 Å². The number of hydrogen-bond acceptors (Lipinski definition) is 6. The number of hydrogen-bond donors (Lipinski definition) is 2. The molecular weight excluding hydrogens is 512 g/mol. The summed E-state index contributed by atoms with van der Waals surface area (Å²) in [6, 6.07) is 24.1. The summed E-state index contributed by atoms with van der Waals surface area (Å²) in [6.07, 6.45) is 0. The van der Waals surface area contributed by atoms with Crippen molar-refractivity contribution in [3.63, 3.8) is 0 Å². The third-order valence-electron chi connectivity index (χ3n) is 6.17. The Morgan fingerprint density at radius 2 is 1.68 bits per heavy atom. The van der Waals surface area contributed by atoms with Gasteiger partial charge in [-0.1, -0.05) is 68.4 Å². The highest BCUT2D eigenvalue weighted by Crippen LogP contribution is 2.33. The molecule has 2 aromatic heterocycles. The van der Waals surface area contributed by atoms with Crippen LogP contribution >= 0.6 is 0 Å². The number of halogens is 2. The number of aromatic nitrogens is 5. The molecule has 2 N–H and O–H groups in total. The van der Waals surface area contributed by atoms with Crippen molar-refractivity contribution in [3.05, 3.63) is 108 Å². The summed E-state index contributed by atoms with van der Waals surface area (Å²) in [5.41, 5.74) is 3.56. The van der Waals surface area contributed by atoms with Gasteiger partial charge in [0, 0.05) is 41.5 Å². The molecule has 40 heavy (non-hydrogen) atoms. The standard InChI is InChI=1S/C30H27F2N7O/c1-19(2)17-39(18-20-8-4-3-5-9-20)28-16-22(33-30(40)21-12-13-25(31)26(32)14-21)15-27(34-28)23-10-6-7-11-24(23)29-35-37-38-36-29/h3-16,19H,17-18H2,1-2H3,(H,33,34,40)(H,35,36,37,38). The quantitative estimate of drug-likeness (QED) is 0.234. The lowest BCUT2D eigenvalue weighted by atomic mass is 10.0. The van der Waals surface area contributed by atoms with E-state index in [4.69, 9.17) is 4.98 Å². The summed E-state index contributed by atoms with van der Waals surface area (Å²) in [5, 5.41) is 17.3. The zero-order valence-electron chi connectivity index (χ0n) is 22.0. The smallest absolute Gasteiger partial charge is 0.255 e. The predicted molar refractivity (Wildman–Crippen MR) is 149 cm³/mol. The first kappa shape index (κ1) is 26.6. The lowest BCUT2D eigenvalue weighted by Crippen LogP contribution is -2.28. The highest BCUT2D eigenvalue weighted by atomic mass is 19.2. The highest BCUT2D eigenvalue weighted by molar-refractivity contribution is 6.04. The van der Waals surface area contributed by atoms with Crippen molar-refractivity contribution >= 4 is 17.4 Å². The van der Waals surface area contributed by atoms with Gasteiger partial charge >= 0.3 is 0 Å². The molecule has 202 valence electrons. The number of H-pyrrole nitrogens is 1. The second-order valence-corrected chi connectivity index (χ2v) is 9.72. The van der Waals surface area contributed by atoms with E-state index in [2.05, 4.69) is 56.8 Å². The van der Waals surface area contributed by atoms with E-state index < -0.39 is 17.5 Å². The summed E-state index contributed by atoms with van der Waals surface area (Å²) >= 11 is 0. The second kappa shape index (κ2) is 11.8. The molecule has 5 aromatic rings. The Morgan fingerprint density at radius 1 is 0.925 bits per heavy atom. The number of carbonyl (C=O) groups excluding carboxylic acids is 1. The summed E-state index contributed by atoms with van der Waals surface area (Å²) in [7, 11) is 0. The van der Waals surface area contributed by atoms with Crippen LogP contribution < -0.4 is 10.2 Å². The van der Waals surface area contributed by atoms with Crippen molar-refractivity contribution in [3.8, 4) is 22.6 Å². The molecule has 0 saturated heterocycles. The van der Waals surface area contributed by atoms with Crippen molar-refractivity contribution < 1.29 is 13.6 Å². The molecule has 0 unspecified atom stereocenters. The number of rotatable bonds is 9. The van der Waals surface area contributed by atoms with Crippen LogP contribution in [0.25, 0.3) is 22.6 Å². The third kappa shape index (κ3) is 6.17. The zero-order chi connectivity index (χ0) is 28.1. The molecule has 2 heterocycles. The SMILES string of the molecule is CC(C)CN(Cc1ccccc1)c1cc(NC(=O)c2ccc(F)c(F)c2)cc(-c2ccccc2-c2nn[nH]n2)n1. The van der Waals surface area contributed by atoms with Crippen LogP contribution in [0.3, 0.4) is 0 Å². The highest BCUT2D eigenvalue weighted by Gasteiger charge is 2.19. The number of nitrogens with zero attached hydrogens (tertiary/aromatic N) is 5. The molecule has 0 bridgehead atoms. The normalized spacial score (nSPS) is 11.0. The van der Waals surface area contributed by atoms with Crippen molar-refractivity contribution in [1.82, 2.24) is 25.6 Å². The van der Waals surface area contributed by atoms with Gasteiger partial charge in [0.25, 0.3) is 5.91 Å². The average molecular weight is 540 g/mol. The molecule has 0 atom stereocenters. The fraction of sp³-hybridized carbons (Fsp3) is 0.167. The minimum absolute atomic E-state index is 0.00525. The molecule has 5 rings (SSSR count). The monoisotopic (exact) mass is 539 g/mol. The number of pyridine rings is 1. The molecule has 0 aliphatic heterocycles. The largest absolute Gasteiger partial charge is 0.352 e. The van der Waals surface area contributed by atoms with Gasteiger partial charge in [0.15, 0.2) is 11.6 Å². The Kier molecular flexibility index (Phi) is 7.86. The van der Waals surface area contributed by atoms with Gasteiger partial charge < -0.3 is 10.2 Å². The van der Waals surface area contributed by atoms with E-state index >= 15 is 0 Å². The van der Waals surface area contributed by atoms with Gasteiger partial charge in [0.05, 0.1) is 5.69 Å². The lowest BCUT2D eigenvalue weighted by Gasteiger charge is -2.27. The van der Waals surface area contributed by atoms with E-state index in [1.807, 2.05) is 42.5 Å². The Balaban J connectivity index is 1.60. The Bertz CT molecular complexity index is 1610. The second-order valence-electron chi connectivity index (χ2n) is 9.72. The Labute approximate surface area is 230 Å². The van der Waals surface area contributed by atoms with Crippen molar-refractivity contribution in [1.29, 1.82) is 0 Å². The van der Waals surface area contributed by atoms with E-state index in [0.717, 1.165) is 23.3 Å². The maximum Gasteiger partial charge on any atom is 0.255 e. The zero-order valence-corrected chi connectivity index (χ0v) is 22.0. The maximum absolute atomic E-state index is 13.8. The lowest BCUT2D eigenvalue weighted by molar-refractivity contribution is 0.102. The summed E-state index contributed by atoms with van der Waals surface area (Å²) < 4.78 is 27.3. The molecule has 8 nitrogen and oxygen atoms in total. The maximum atomic E-state index is 13.8. The molecule has 0 saturated carbocycles. The van der Waals surface area contributed by atoms with E-state index in [9.17, 15) is 13.6 Å². The van der Waals surface area contributed by atoms with Gasteiger partial charge in [0.2, 0.25) is 5.82 Å². The Hall–Kier alpha value is -4.99. The van der Waals surface area contributed by atoms with Crippen LogP contribution in [-0.4, -0.2) is 38.1 Å². The van der Waals surface area contributed by atoms with Gasteiger partial charge in [-0.15, -0.1) is 10.2 Å². The van der Waals surface area contributed by atoms with Crippen LogP contribution in [0.15, 0.2) is 84.9 Å². The molecule has 1 amide bonds. The third-order valence-corrected chi connectivity index (χ3v) is 6.17. The first-order valence-electron chi connectivity index (χ1n) is 12.8. The molecule has 0 radical (unpaired) electrons. The number of nitrogens with one attached hydrogen (secondary N) is 2. The van der Waals surface area contributed by atoms with Gasteiger partial charge in [-0.25, -0.2) is 13.8 Å². The van der Waals surface area contributed by atoms with E-state index in [-0.39, 0.29) is 5.56 Å². The number of amides is 1. The fourth-order valence-electron chi connectivity index (χ4n) is 4.39. The van der Waals surface area contributed by atoms with Crippen LogP contribution in [0.5, 0.6) is 0 Å². The first-order chi connectivity index (χ1) is 19.4. The Morgan fingerprint density at radius 3 is 2.38 bits per heavy atom. The van der Waals surface area contributed by atoms with Gasteiger partial charge in [0.1, 0.15) is 5.82 Å². The molecule has 0 fully saturated rings. The summed E-state index contributed by atoms with van der Waals surface area (Å²) in [4.78, 5) is 20.2. The molecular formula is C30H27F2N7O. The molecule has 10 heteroatoms. The van der Waals surface area contributed by atoms with Crippen molar-refractivity contribution in [2.75, 3.05) is 16.8 Å². The number of carbonyl (C=O) groups is 1. The van der Waals surface area contributed by atoms with Crippen molar-refractivity contribution in [2.45, 2.75) is 20.4 Å². The average Bonchev–Trinajstić information content (AvgIpc) is 3.49. The number of anilines is 2. The van der Waals surface area contributed by atoms with Crippen LogP contribution in [0.1, 0.15) is 29.8 Å². The predicted octanol–water partition coefficient (Wildman–Crippen LogP) is 6.12. The number of aromatic amines is 1. The minimum atomic E-state index is -1.09. The number of benzene rings is 3. The van der Waals surface area contributed by atoms with Crippen LogP contribution in [0.4, 0.5) is 20.3 Å². The van der Waals surface area contributed by atoms with Gasteiger partial charge in [-0.3, -0.25) is 4.79 Å². The number of tetrazole rings is 1. The van der Waals surface area contributed by atoms with Gasteiger partial charge in [-0.2, -0.15) is 5.21 Å².